The molecule has 0 spiro atoms. The Balaban J connectivity index is 1.34. The first kappa shape index (κ1) is 29.2. The molecule has 0 radical (unpaired) electrons. The minimum atomic E-state index is -1.05. The topological polar surface area (TPSA) is 162 Å². The lowest BCUT2D eigenvalue weighted by Crippen LogP contribution is -2.54. The molecule has 1 fully saturated rings. The van der Waals surface area contributed by atoms with Crippen molar-refractivity contribution in [2.24, 2.45) is 0 Å². The second-order valence-corrected chi connectivity index (χ2v) is 8.41. The summed E-state index contributed by atoms with van der Waals surface area (Å²) in [5.74, 6) is -2.70. The van der Waals surface area contributed by atoms with Gasteiger partial charge in [-0.3, -0.25) is 34.2 Å². The fourth-order valence-corrected chi connectivity index (χ4v) is 3.97. The van der Waals surface area contributed by atoms with E-state index in [0.717, 1.165) is 4.90 Å². The molecule has 1 atom stereocenters. The van der Waals surface area contributed by atoms with E-state index in [9.17, 15) is 24.0 Å². The Morgan fingerprint density at radius 2 is 1.61 bits per heavy atom. The lowest BCUT2D eigenvalue weighted by molar-refractivity contribution is -0.136. The first-order valence-corrected chi connectivity index (χ1v) is 12.6. The monoisotopic (exact) mass is 534 g/mol. The molecule has 5 amide bonds. The molecule has 0 saturated carbocycles. The van der Waals surface area contributed by atoms with Gasteiger partial charge in [0.2, 0.25) is 17.7 Å². The van der Waals surface area contributed by atoms with Crippen molar-refractivity contribution in [1.82, 2.24) is 15.5 Å². The molecule has 0 bridgehead atoms. The Morgan fingerprint density at radius 1 is 0.947 bits per heavy atom. The van der Waals surface area contributed by atoms with Gasteiger partial charge in [0, 0.05) is 25.3 Å². The van der Waals surface area contributed by atoms with Crippen LogP contribution in [0.4, 0.5) is 5.69 Å². The van der Waals surface area contributed by atoms with Crippen LogP contribution in [-0.2, 0) is 33.3 Å². The van der Waals surface area contributed by atoms with Crippen molar-refractivity contribution in [3.8, 4) is 0 Å². The van der Waals surface area contributed by atoms with Gasteiger partial charge in [0.15, 0.2) is 0 Å². The Morgan fingerprint density at radius 3 is 2.26 bits per heavy atom. The summed E-state index contributed by atoms with van der Waals surface area (Å²) in [5, 5.41) is 7.75. The number of hydrogen-bond donors (Lipinski definition) is 3. The average Bonchev–Trinajstić information content (AvgIpc) is 3.15. The van der Waals surface area contributed by atoms with E-state index in [-0.39, 0.29) is 43.0 Å². The van der Waals surface area contributed by atoms with E-state index >= 15 is 0 Å². The van der Waals surface area contributed by atoms with E-state index in [1.807, 2.05) is 6.92 Å². The fraction of sp³-hybridized carbons (Fsp3) is 0.560. The zero-order valence-corrected chi connectivity index (χ0v) is 21.4. The number of piperidine rings is 1. The third kappa shape index (κ3) is 8.05. The second-order valence-electron chi connectivity index (χ2n) is 8.41. The van der Waals surface area contributed by atoms with Crippen LogP contribution in [0.3, 0.4) is 0 Å². The van der Waals surface area contributed by atoms with E-state index in [1.54, 1.807) is 12.1 Å². The molecular formula is C25H34N4O9. The first-order valence-electron chi connectivity index (χ1n) is 12.6. The van der Waals surface area contributed by atoms with Crippen LogP contribution in [0.1, 0.15) is 40.5 Å². The standard InChI is InChI=1S/C25H34N4O9/c1-2-35-10-11-37-14-15-38-13-12-36-9-8-26-21(31)16-27-18-5-3-4-17-22(18)25(34)29(24(17)33)19-6-7-20(30)28-23(19)32/h3-5,19,27H,2,6-16H2,1H3,(H,26,31)(H,28,30,32). The van der Waals surface area contributed by atoms with Gasteiger partial charge < -0.3 is 29.6 Å². The average molecular weight is 535 g/mol. The maximum Gasteiger partial charge on any atom is 0.264 e. The molecule has 2 heterocycles. The number of carbonyl (C=O) groups is 5. The van der Waals surface area contributed by atoms with Crippen molar-refractivity contribution >= 4 is 35.2 Å². The van der Waals surface area contributed by atoms with Gasteiger partial charge in [0.1, 0.15) is 6.04 Å². The summed E-state index contributed by atoms with van der Waals surface area (Å²) < 4.78 is 21.3. The van der Waals surface area contributed by atoms with Crippen molar-refractivity contribution < 1.29 is 42.9 Å². The third-order valence-corrected chi connectivity index (χ3v) is 5.80. The molecule has 0 aliphatic carbocycles. The van der Waals surface area contributed by atoms with Crippen LogP contribution in [-0.4, -0.2) is 106 Å². The number of nitrogens with zero attached hydrogens (tertiary/aromatic N) is 1. The van der Waals surface area contributed by atoms with E-state index < -0.39 is 29.7 Å². The number of imide groups is 2. The highest BCUT2D eigenvalue weighted by Gasteiger charge is 2.45. The van der Waals surface area contributed by atoms with Crippen molar-refractivity contribution in [3.05, 3.63) is 29.3 Å². The fourth-order valence-electron chi connectivity index (χ4n) is 3.97. The molecule has 1 unspecified atom stereocenters. The summed E-state index contributed by atoms with van der Waals surface area (Å²) in [6.45, 7) is 5.87. The summed E-state index contributed by atoms with van der Waals surface area (Å²) in [7, 11) is 0. The largest absolute Gasteiger partial charge is 0.379 e. The van der Waals surface area contributed by atoms with Gasteiger partial charge in [-0.15, -0.1) is 0 Å². The molecule has 0 aromatic heterocycles. The molecule has 3 N–H and O–H groups in total. The SMILES string of the molecule is CCOCCOCCOCCOCCNC(=O)CNc1cccc2c1C(=O)N(C1CCC(=O)NC1=O)C2=O. The minimum absolute atomic E-state index is 0.0379. The minimum Gasteiger partial charge on any atom is -0.379 e. The zero-order valence-electron chi connectivity index (χ0n) is 21.4. The van der Waals surface area contributed by atoms with E-state index in [1.165, 1.54) is 6.07 Å². The van der Waals surface area contributed by atoms with Crippen LogP contribution in [0.25, 0.3) is 0 Å². The Hall–Kier alpha value is -3.39. The van der Waals surface area contributed by atoms with Crippen LogP contribution in [0.2, 0.25) is 0 Å². The molecule has 1 saturated heterocycles. The summed E-state index contributed by atoms with van der Waals surface area (Å²) >= 11 is 0. The maximum absolute atomic E-state index is 13.1. The van der Waals surface area contributed by atoms with Gasteiger partial charge in [-0.25, -0.2) is 0 Å². The van der Waals surface area contributed by atoms with Gasteiger partial charge in [0.05, 0.1) is 63.9 Å². The highest BCUT2D eigenvalue weighted by molar-refractivity contribution is 6.25. The molecule has 13 heteroatoms. The summed E-state index contributed by atoms with van der Waals surface area (Å²) in [4.78, 5) is 62.7. The van der Waals surface area contributed by atoms with Crippen molar-refractivity contribution in [2.45, 2.75) is 25.8 Å². The van der Waals surface area contributed by atoms with Crippen LogP contribution < -0.4 is 16.0 Å². The number of anilines is 1. The smallest absolute Gasteiger partial charge is 0.264 e. The molecule has 38 heavy (non-hydrogen) atoms. The van der Waals surface area contributed by atoms with Gasteiger partial charge in [-0.2, -0.15) is 0 Å². The third-order valence-electron chi connectivity index (χ3n) is 5.80. The normalized spacial score (nSPS) is 17.0. The number of nitrogens with one attached hydrogen (secondary N) is 3. The number of rotatable bonds is 17. The number of fused-ring (bicyclic) bond motifs is 1. The van der Waals surface area contributed by atoms with Gasteiger partial charge in [-0.1, -0.05) is 6.07 Å². The van der Waals surface area contributed by atoms with Gasteiger partial charge in [-0.05, 0) is 25.5 Å². The number of carbonyl (C=O) groups excluding carboxylic acids is 5. The Bertz CT molecular complexity index is 1020. The Labute approximate surface area is 220 Å². The summed E-state index contributed by atoms with van der Waals surface area (Å²) in [5.41, 5.74) is 0.539. The van der Waals surface area contributed by atoms with Gasteiger partial charge >= 0.3 is 0 Å². The van der Waals surface area contributed by atoms with E-state index in [4.69, 9.17) is 18.9 Å². The second kappa shape index (κ2) is 15.1. The quantitative estimate of drug-likeness (QED) is 0.179. The molecule has 2 aliphatic rings. The van der Waals surface area contributed by atoms with Crippen molar-refractivity contribution in [1.29, 1.82) is 0 Å². The molecule has 13 nitrogen and oxygen atoms in total. The number of benzene rings is 1. The number of amides is 5. The van der Waals surface area contributed by atoms with Crippen LogP contribution >= 0.6 is 0 Å². The summed E-state index contributed by atoms with van der Waals surface area (Å²) in [6.07, 6.45) is 0.106. The molecule has 2 aliphatic heterocycles. The molecule has 1 aromatic rings. The number of hydrogen-bond acceptors (Lipinski definition) is 10. The summed E-state index contributed by atoms with van der Waals surface area (Å²) in [6, 6.07) is 3.60. The highest BCUT2D eigenvalue weighted by Crippen LogP contribution is 2.32. The number of ether oxygens (including phenoxy) is 4. The Kier molecular flexibility index (Phi) is 11.6. The van der Waals surface area contributed by atoms with Crippen molar-refractivity contribution in [3.63, 3.8) is 0 Å². The molecule has 208 valence electrons. The zero-order chi connectivity index (χ0) is 27.3. The lowest BCUT2D eigenvalue weighted by Gasteiger charge is -2.27. The molecular weight excluding hydrogens is 500 g/mol. The predicted molar refractivity (Wildman–Crippen MR) is 134 cm³/mol. The van der Waals surface area contributed by atoms with E-state index in [2.05, 4.69) is 16.0 Å². The van der Waals surface area contributed by atoms with Crippen molar-refractivity contribution in [2.75, 3.05) is 71.3 Å². The molecule has 3 rings (SSSR count). The van der Waals surface area contributed by atoms with Gasteiger partial charge in [0.25, 0.3) is 11.8 Å². The van der Waals surface area contributed by atoms with Crippen LogP contribution in [0.5, 0.6) is 0 Å². The first-order chi connectivity index (χ1) is 18.4. The molecule has 1 aromatic carbocycles. The maximum atomic E-state index is 13.1. The predicted octanol–water partition coefficient (Wildman–Crippen LogP) is -0.298. The lowest BCUT2D eigenvalue weighted by atomic mass is 10.0. The highest BCUT2D eigenvalue weighted by atomic mass is 16.6. The van der Waals surface area contributed by atoms with E-state index in [0.29, 0.717) is 58.5 Å². The van der Waals surface area contributed by atoms with Crippen LogP contribution in [0.15, 0.2) is 18.2 Å². The van der Waals surface area contributed by atoms with Crippen LogP contribution in [0, 0.1) is 0 Å².